The van der Waals surface area contributed by atoms with Gasteiger partial charge in [0, 0.05) is 26.1 Å². The summed E-state index contributed by atoms with van der Waals surface area (Å²) in [6.45, 7) is 71.2. The maximum Gasteiger partial charge on any atom is 0.219 e. The van der Waals surface area contributed by atoms with Gasteiger partial charge >= 0.3 is 0 Å². The van der Waals surface area contributed by atoms with Crippen LogP contribution in [0.1, 0.15) is 196 Å². The van der Waals surface area contributed by atoms with E-state index in [9.17, 15) is 4.79 Å². The van der Waals surface area contributed by atoms with Crippen molar-refractivity contribution in [1.29, 1.82) is 0 Å². The molecular formula is C68H175N13O14. The fourth-order valence-corrected chi connectivity index (χ4v) is 2.64. The number of nitrogens with two attached hydrogens (primary N) is 8. The molecule has 29 N–H and O–H groups in total. The van der Waals surface area contributed by atoms with Crippen LogP contribution in [0.3, 0.4) is 0 Å². The number of benzene rings is 2. The number of aliphatic hydroxyl groups is 1. The number of carbonyl (C=O) groups is 13. The zero-order chi connectivity index (χ0) is 82.1. The molecule has 2 aromatic rings. The highest BCUT2D eigenvalue weighted by Gasteiger charge is 2.11. The Balaban J connectivity index is -0.0000000147. The monoisotopic (exact) mass is 1400 g/mol. The molecule has 0 spiro atoms. The summed E-state index contributed by atoms with van der Waals surface area (Å²) >= 11 is 0. The Kier molecular flexibility index (Phi) is 1100. The highest BCUT2D eigenvalue weighted by atomic mass is 16.3. The zero-order valence-corrected chi connectivity index (χ0v) is 68.1. The average molecular weight is 1400 g/mol. The summed E-state index contributed by atoms with van der Waals surface area (Å²) in [4.78, 5) is 109. The molecule has 0 atom stereocenters. The van der Waals surface area contributed by atoms with E-state index in [4.69, 9.17) is 62.6 Å². The van der Waals surface area contributed by atoms with Crippen molar-refractivity contribution in [3.05, 3.63) is 71.8 Å². The van der Waals surface area contributed by atoms with Crippen LogP contribution in [0.4, 0.5) is 0 Å². The first-order chi connectivity index (χ1) is 44.2. The van der Waals surface area contributed by atoms with E-state index in [0.717, 1.165) is 43.7 Å². The molecule has 2 aromatic carbocycles. The van der Waals surface area contributed by atoms with Gasteiger partial charge in [-0.25, -0.2) is 0 Å². The Labute approximate surface area is 590 Å². The van der Waals surface area contributed by atoms with Crippen molar-refractivity contribution in [2.24, 2.45) is 63.6 Å². The molecule has 0 unspecified atom stereocenters. The van der Waals surface area contributed by atoms with E-state index < -0.39 is 0 Å². The van der Waals surface area contributed by atoms with E-state index in [1.165, 1.54) is 99.6 Å². The van der Waals surface area contributed by atoms with Crippen molar-refractivity contribution in [3.8, 4) is 0 Å². The van der Waals surface area contributed by atoms with E-state index >= 15 is 0 Å². The van der Waals surface area contributed by atoms with Crippen molar-refractivity contribution in [3.63, 3.8) is 0 Å². The summed E-state index contributed by atoms with van der Waals surface area (Å²) in [6.07, 6.45) is 8.41. The predicted octanol–water partition coefficient (Wildman–Crippen LogP) is 10.8. The Morgan fingerprint density at radius 2 is 0.463 bits per heavy atom. The number of carbonyl (C=O) groups excluding carboxylic acids is 13. The number of amides is 1. The summed E-state index contributed by atoms with van der Waals surface area (Å²) in [7, 11) is 12.0. The van der Waals surface area contributed by atoms with Crippen LogP contribution in [0.5, 0.6) is 0 Å². The molecule has 1 heterocycles. The third kappa shape index (κ3) is 737. The smallest absolute Gasteiger partial charge is 0.219 e. The van der Waals surface area contributed by atoms with Crippen LogP contribution < -0.4 is 70.5 Å². The van der Waals surface area contributed by atoms with E-state index in [2.05, 4.69) is 171 Å². The molecular weight excluding hydrogens is 1220 g/mol. The summed E-state index contributed by atoms with van der Waals surface area (Å²) < 4.78 is 0. The predicted molar refractivity (Wildman–Crippen MR) is 428 cm³/mol. The zero-order valence-electron chi connectivity index (χ0n) is 68.1. The number of nitrogens with zero attached hydrogens (tertiary/aromatic N) is 1. The van der Waals surface area contributed by atoms with Gasteiger partial charge in [0.25, 0.3) is 0 Å². The van der Waals surface area contributed by atoms with Gasteiger partial charge in [0.05, 0.1) is 0 Å². The summed E-state index contributed by atoms with van der Waals surface area (Å²) in [5.41, 5.74) is 38.8. The van der Waals surface area contributed by atoms with Crippen LogP contribution in [0.15, 0.2) is 60.7 Å². The van der Waals surface area contributed by atoms with Crippen LogP contribution in [-0.2, 0) is 75.2 Å². The van der Waals surface area contributed by atoms with Gasteiger partial charge in [0.2, 0.25) is 5.91 Å². The second kappa shape index (κ2) is 492. The van der Waals surface area contributed by atoms with Gasteiger partial charge in [-0.1, -0.05) is 205 Å². The normalized spacial score (nSPS) is 6.45. The molecule has 0 bridgehead atoms. The van der Waals surface area contributed by atoms with E-state index in [1.807, 2.05) is 154 Å². The maximum absolute atomic E-state index is 10.7. The Hall–Kier alpha value is -6.57. The van der Waals surface area contributed by atoms with Crippen molar-refractivity contribution in [2.75, 3.05) is 69.5 Å². The minimum atomic E-state index is -0.167. The van der Waals surface area contributed by atoms with E-state index in [1.54, 1.807) is 20.8 Å². The van der Waals surface area contributed by atoms with Crippen LogP contribution >= 0.6 is 0 Å². The molecule has 1 aliphatic heterocycles. The highest BCUT2D eigenvalue weighted by molar-refractivity contribution is 5.73. The number of likely N-dealkylation sites (tertiary alicyclic amines) is 1. The number of aryl methyl sites for hydroxylation is 2. The highest BCUT2D eigenvalue weighted by Crippen LogP contribution is 2.07. The Morgan fingerprint density at radius 1 is 0.347 bits per heavy atom. The quantitative estimate of drug-likeness (QED) is 0.135. The molecule has 0 aromatic heterocycles. The lowest BCUT2D eigenvalue weighted by atomic mass is 10.1. The first-order valence-corrected chi connectivity index (χ1v) is 29.3. The van der Waals surface area contributed by atoms with Crippen LogP contribution in [0.2, 0.25) is 0 Å². The Bertz CT molecular complexity index is 935. The fraction of sp³-hybridized carbons (Fsp3) is 0.632. The summed E-state index contributed by atoms with van der Waals surface area (Å²) in [5.74, 6) is 2.83. The summed E-state index contributed by atoms with van der Waals surface area (Å²) in [5, 5.41) is 8.06. The number of hydrogen-bond acceptors (Lipinski definition) is 26. The lowest BCUT2D eigenvalue weighted by Crippen LogP contribution is -2.33. The molecule has 0 radical (unpaired) electrons. The molecule has 3 rings (SSSR count). The first kappa shape index (κ1) is 212. The van der Waals surface area contributed by atoms with Gasteiger partial charge in [0.15, 0.2) is 0 Å². The lowest BCUT2D eigenvalue weighted by Gasteiger charge is -2.24. The van der Waals surface area contributed by atoms with Gasteiger partial charge in [-0.05, 0) is 131 Å². The summed E-state index contributed by atoms with van der Waals surface area (Å²) in [6, 6.07) is 20.9. The van der Waals surface area contributed by atoms with Crippen LogP contribution in [0.25, 0.3) is 0 Å². The topological polar surface area (TPSA) is 594 Å². The van der Waals surface area contributed by atoms with Crippen LogP contribution in [-0.4, -0.2) is 173 Å². The molecule has 27 heteroatoms. The molecule has 27 nitrogen and oxygen atoms in total. The van der Waals surface area contributed by atoms with Gasteiger partial charge in [-0.3, -0.25) is 4.79 Å². The number of hydrogen-bond donors (Lipinski definition) is 13. The molecule has 1 amide bonds. The molecule has 0 saturated carbocycles. The Morgan fingerprint density at radius 3 is 0.526 bits per heavy atom. The van der Waals surface area contributed by atoms with Gasteiger partial charge in [-0.2, -0.15) is 0 Å². The number of piperidine rings is 1. The molecule has 95 heavy (non-hydrogen) atoms. The largest absolute Gasteiger partial charge is 0.394 e. The molecule has 1 aliphatic rings. The van der Waals surface area contributed by atoms with Crippen molar-refractivity contribution >= 4 is 87.4 Å². The van der Waals surface area contributed by atoms with Crippen molar-refractivity contribution in [1.82, 2.24) is 29.5 Å². The minimum absolute atomic E-state index is 0. The standard InChI is InChI=1S/2C8H10.C7H13NO.2C5H12.C4H10.C3H8O.4C2H6.8CH5N.12CH2O.4H3N/c2*1-2-8-6-4-3-5-7-8;1-7(9)8-5-3-2-4-6-8;2*1-4-5(2)3;1-4(2)3;1-3(2)4;24*1-2;;;;/h2*3-7H,2H2,1H3;2-6H2,1H3;2*5H,4H2,1-3H3;4H,1-3H3;3-4H,1-2H3;4*1-2H3;8*2H2,1H3;12*1H2;4*1H3. The SMILES string of the molecule is C=O.C=O.C=O.C=O.C=O.C=O.C=O.C=O.C=O.C=O.C=O.C=O.CC.CC.CC.CC.CC(=O)N1CCCCC1.CC(C)C.CC(C)O.CCC(C)C.CCC(C)C.CCc1ccccc1.CCc1ccccc1.CN.CN.CN.CN.CN.CN.CN.CN.N.N.N.N. The van der Waals surface area contributed by atoms with Crippen molar-refractivity contribution in [2.45, 2.75) is 203 Å². The average Bonchev–Trinajstić information content (AvgIpc) is 3.69. The van der Waals surface area contributed by atoms with Crippen LogP contribution in [0, 0.1) is 17.8 Å². The van der Waals surface area contributed by atoms with Crippen molar-refractivity contribution < 1.29 is 67.4 Å². The van der Waals surface area contributed by atoms with E-state index in [0.29, 0.717) is 0 Å². The lowest BCUT2D eigenvalue weighted by molar-refractivity contribution is -0.129. The maximum atomic E-state index is 10.7. The number of rotatable bonds is 4. The molecule has 596 valence electrons. The van der Waals surface area contributed by atoms with Gasteiger partial charge < -0.3 is 138 Å². The third-order valence-corrected chi connectivity index (χ3v) is 5.94. The van der Waals surface area contributed by atoms with E-state index in [-0.39, 0.29) is 36.6 Å². The van der Waals surface area contributed by atoms with Gasteiger partial charge in [0.1, 0.15) is 81.5 Å². The molecule has 1 saturated heterocycles. The third-order valence-electron chi connectivity index (χ3n) is 5.94. The first-order valence-electron chi connectivity index (χ1n) is 29.3. The second-order valence-corrected chi connectivity index (χ2v) is 12.7. The minimum Gasteiger partial charge on any atom is -0.394 e. The van der Waals surface area contributed by atoms with Gasteiger partial charge in [-0.15, -0.1) is 0 Å². The number of aliphatic hydroxyl groups excluding tert-OH is 1. The molecule has 1 fully saturated rings. The molecule has 0 aliphatic carbocycles. The second-order valence-electron chi connectivity index (χ2n) is 12.7. The fourth-order valence-electron chi connectivity index (χ4n) is 2.64.